The van der Waals surface area contributed by atoms with Gasteiger partial charge in [-0.15, -0.1) is 0 Å². The number of nitrogens with one attached hydrogen (secondary N) is 1. The van der Waals surface area contributed by atoms with Gasteiger partial charge in [-0.3, -0.25) is 0 Å². The molecule has 0 spiro atoms. The summed E-state index contributed by atoms with van der Waals surface area (Å²) in [4.78, 5) is 0. The molecular formula is C8H9BrFNO2. The first kappa shape index (κ1) is 10.4. The predicted octanol–water partition coefficient (Wildman–Crippen LogP) is 2.08. The molecule has 0 saturated carbocycles. The van der Waals surface area contributed by atoms with Crippen LogP contribution in [0.15, 0.2) is 16.6 Å². The Morgan fingerprint density at radius 3 is 2.85 bits per heavy atom. The van der Waals surface area contributed by atoms with Crippen molar-refractivity contribution in [3.8, 4) is 5.75 Å². The van der Waals surface area contributed by atoms with Crippen LogP contribution in [0.5, 0.6) is 5.75 Å². The van der Waals surface area contributed by atoms with Crippen LogP contribution in [0.3, 0.4) is 0 Å². The summed E-state index contributed by atoms with van der Waals surface area (Å²) in [6.07, 6.45) is 0. The van der Waals surface area contributed by atoms with E-state index in [1.807, 2.05) is 5.48 Å². The van der Waals surface area contributed by atoms with Crippen molar-refractivity contribution in [3.05, 3.63) is 28.0 Å². The standard InChI is InChI=1S/C8H9BrFNO2/c1-13-7-3-5(4-11-12)2-6(9)8(7)10/h2-3,11-12H,4H2,1H3. The molecule has 2 N–H and O–H groups in total. The van der Waals surface area contributed by atoms with Crippen molar-refractivity contribution in [2.75, 3.05) is 7.11 Å². The number of hydrogen-bond donors (Lipinski definition) is 2. The van der Waals surface area contributed by atoms with Crippen LogP contribution in [0, 0.1) is 5.82 Å². The van der Waals surface area contributed by atoms with Crippen LogP contribution in [0.25, 0.3) is 0 Å². The maximum atomic E-state index is 13.2. The minimum Gasteiger partial charge on any atom is -0.494 e. The minimum atomic E-state index is -0.441. The molecule has 1 rings (SSSR count). The Morgan fingerprint density at radius 2 is 2.31 bits per heavy atom. The molecule has 1 aromatic carbocycles. The average molecular weight is 250 g/mol. The zero-order valence-electron chi connectivity index (χ0n) is 6.97. The lowest BCUT2D eigenvalue weighted by Crippen LogP contribution is -2.06. The number of hydroxylamine groups is 1. The van der Waals surface area contributed by atoms with Crippen LogP contribution in [0.2, 0.25) is 0 Å². The highest BCUT2D eigenvalue weighted by molar-refractivity contribution is 9.10. The fraction of sp³-hybridized carbons (Fsp3) is 0.250. The van der Waals surface area contributed by atoms with Crippen molar-refractivity contribution < 1.29 is 14.3 Å². The van der Waals surface area contributed by atoms with Crippen molar-refractivity contribution in [1.82, 2.24) is 5.48 Å². The van der Waals surface area contributed by atoms with Crippen LogP contribution < -0.4 is 10.2 Å². The van der Waals surface area contributed by atoms with E-state index in [0.717, 1.165) is 5.56 Å². The van der Waals surface area contributed by atoms with Crippen LogP contribution in [-0.2, 0) is 6.54 Å². The summed E-state index contributed by atoms with van der Waals surface area (Å²) in [6, 6.07) is 3.09. The van der Waals surface area contributed by atoms with E-state index in [-0.39, 0.29) is 12.3 Å². The van der Waals surface area contributed by atoms with Crippen molar-refractivity contribution in [1.29, 1.82) is 0 Å². The third-order valence-electron chi connectivity index (χ3n) is 1.56. The van der Waals surface area contributed by atoms with E-state index >= 15 is 0 Å². The molecular weight excluding hydrogens is 241 g/mol. The first-order chi connectivity index (χ1) is 6.19. The van der Waals surface area contributed by atoms with Gasteiger partial charge in [0.2, 0.25) is 0 Å². The van der Waals surface area contributed by atoms with Crippen molar-refractivity contribution in [2.24, 2.45) is 0 Å². The third-order valence-corrected chi connectivity index (χ3v) is 2.13. The molecule has 13 heavy (non-hydrogen) atoms. The first-order valence-corrected chi connectivity index (χ1v) is 4.37. The second-order valence-corrected chi connectivity index (χ2v) is 3.28. The van der Waals surface area contributed by atoms with Gasteiger partial charge in [0.15, 0.2) is 11.6 Å². The Bertz CT molecular complexity index is 306. The Hall–Kier alpha value is -0.650. The van der Waals surface area contributed by atoms with E-state index in [2.05, 4.69) is 15.9 Å². The Labute approximate surface area is 83.6 Å². The molecule has 0 fully saturated rings. The van der Waals surface area contributed by atoms with Gasteiger partial charge in [0.1, 0.15) is 0 Å². The molecule has 1 aromatic rings. The number of hydrogen-bond acceptors (Lipinski definition) is 3. The summed E-state index contributed by atoms with van der Waals surface area (Å²) in [5, 5.41) is 8.44. The van der Waals surface area contributed by atoms with E-state index in [1.165, 1.54) is 13.2 Å². The lowest BCUT2D eigenvalue weighted by atomic mass is 10.2. The Morgan fingerprint density at radius 1 is 1.62 bits per heavy atom. The van der Waals surface area contributed by atoms with E-state index in [9.17, 15) is 4.39 Å². The van der Waals surface area contributed by atoms with Gasteiger partial charge < -0.3 is 9.94 Å². The van der Waals surface area contributed by atoms with E-state index in [1.54, 1.807) is 6.07 Å². The lowest BCUT2D eigenvalue weighted by molar-refractivity contribution is 0.161. The highest BCUT2D eigenvalue weighted by Crippen LogP contribution is 2.26. The summed E-state index contributed by atoms with van der Waals surface area (Å²) in [7, 11) is 1.39. The summed E-state index contributed by atoms with van der Waals surface area (Å²) in [5.74, 6) is -0.288. The second-order valence-electron chi connectivity index (χ2n) is 2.43. The largest absolute Gasteiger partial charge is 0.494 e. The molecule has 0 heterocycles. The third kappa shape index (κ3) is 2.40. The normalized spacial score (nSPS) is 10.2. The molecule has 0 aliphatic carbocycles. The molecule has 0 bridgehead atoms. The van der Waals surface area contributed by atoms with Gasteiger partial charge in [0.25, 0.3) is 0 Å². The molecule has 3 nitrogen and oxygen atoms in total. The molecule has 72 valence electrons. The van der Waals surface area contributed by atoms with Gasteiger partial charge in [0.05, 0.1) is 11.6 Å². The van der Waals surface area contributed by atoms with Crippen LogP contribution in [-0.4, -0.2) is 12.3 Å². The molecule has 0 amide bonds. The fourth-order valence-electron chi connectivity index (χ4n) is 0.959. The fourth-order valence-corrected chi connectivity index (χ4v) is 1.45. The summed E-state index contributed by atoms with van der Waals surface area (Å²) in [5.41, 5.74) is 2.71. The molecule has 0 atom stereocenters. The smallest absolute Gasteiger partial charge is 0.179 e. The zero-order chi connectivity index (χ0) is 9.84. The van der Waals surface area contributed by atoms with E-state index in [0.29, 0.717) is 4.47 Å². The Balaban J connectivity index is 3.06. The van der Waals surface area contributed by atoms with Gasteiger partial charge >= 0.3 is 0 Å². The number of methoxy groups -OCH3 is 1. The summed E-state index contributed by atoms with van der Waals surface area (Å²) < 4.78 is 18.3. The van der Waals surface area contributed by atoms with Crippen LogP contribution in [0.1, 0.15) is 5.56 Å². The van der Waals surface area contributed by atoms with Crippen LogP contribution >= 0.6 is 15.9 Å². The molecule has 0 radical (unpaired) electrons. The minimum absolute atomic E-state index is 0.152. The molecule has 5 heteroatoms. The van der Waals surface area contributed by atoms with Crippen molar-refractivity contribution >= 4 is 15.9 Å². The van der Waals surface area contributed by atoms with Crippen molar-refractivity contribution in [2.45, 2.75) is 6.54 Å². The van der Waals surface area contributed by atoms with Crippen LogP contribution in [0.4, 0.5) is 4.39 Å². The number of benzene rings is 1. The summed E-state index contributed by atoms with van der Waals surface area (Å²) in [6.45, 7) is 0.245. The quantitative estimate of drug-likeness (QED) is 0.807. The molecule has 0 unspecified atom stereocenters. The molecule has 0 saturated heterocycles. The summed E-state index contributed by atoms with van der Waals surface area (Å²) >= 11 is 3.04. The number of ether oxygens (including phenoxy) is 1. The average Bonchev–Trinajstić information content (AvgIpc) is 2.11. The number of halogens is 2. The maximum Gasteiger partial charge on any atom is 0.179 e. The predicted molar refractivity (Wildman–Crippen MR) is 49.3 cm³/mol. The van der Waals surface area contributed by atoms with Gasteiger partial charge in [-0.2, -0.15) is 0 Å². The van der Waals surface area contributed by atoms with E-state index in [4.69, 9.17) is 9.94 Å². The topological polar surface area (TPSA) is 41.5 Å². The molecule has 0 aliphatic heterocycles. The second kappa shape index (κ2) is 4.55. The number of rotatable bonds is 3. The monoisotopic (exact) mass is 249 g/mol. The zero-order valence-corrected chi connectivity index (χ0v) is 8.56. The maximum absolute atomic E-state index is 13.2. The van der Waals surface area contributed by atoms with Gasteiger partial charge in [-0.25, -0.2) is 9.87 Å². The van der Waals surface area contributed by atoms with Gasteiger partial charge in [-0.05, 0) is 33.6 Å². The molecule has 0 aromatic heterocycles. The Kier molecular flexibility index (Phi) is 3.65. The van der Waals surface area contributed by atoms with Gasteiger partial charge in [-0.1, -0.05) is 0 Å². The van der Waals surface area contributed by atoms with Gasteiger partial charge in [0, 0.05) is 6.54 Å². The first-order valence-electron chi connectivity index (χ1n) is 3.58. The SMILES string of the molecule is COc1cc(CNO)cc(Br)c1F. The lowest BCUT2D eigenvalue weighted by Gasteiger charge is -2.06. The van der Waals surface area contributed by atoms with Crippen molar-refractivity contribution in [3.63, 3.8) is 0 Å². The highest BCUT2D eigenvalue weighted by atomic mass is 79.9. The van der Waals surface area contributed by atoms with E-state index < -0.39 is 5.82 Å². The highest BCUT2D eigenvalue weighted by Gasteiger charge is 2.08. The molecule has 0 aliphatic rings.